The highest BCUT2D eigenvalue weighted by Gasteiger charge is 2.17. The number of aliphatic hydroxyl groups is 1. The number of aliphatic carboxylic acids is 1. The van der Waals surface area contributed by atoms with E-state index in [9.17, 15) is 9.59 Å². The lowest BCUT2D eigenvalue weighted by Crippen LogP contribution is -2.46. The predicted molar refractivity (Wildman–Crippen MR) is 49.9 cm³/mol. The van der Waals surface area contributed by atoms with Crippen LogP contribution in [-0.2, 0) is 4.79 Å². The summed E-state index contributed by atoms with van der Waals surface area (Å²) in [5.74, 6) is -1.09. The zero-order valence-electron chi connectivity index (χ0n) is 8.52. The molecule has 0 heterocycles. The van der Waals surface area contributed by atoms with E-state index in [1.165, 1.54) is 18.9 Å². The molecule has 2 amide bonds. The summed E-state index contributed by atoms with van der Waals surface area (Å²) in [7, 11) is 1.48. The van der Waals surface area contributed by atoms with Crippen LogP contribution in [0.25, 0.3) is 0 Å². The number of amides is 2. The van der Waals surface area contributed by atoms with Gasteiger partial charge >= 0.3 is 12.0 Å². The highest BCUT2D eigenvalue weighted by molar-refractivity contribution is 5.82. The number of nitrogens with one attached hydrogen (secondary N) is 1. The molecule has 0 radical (unpaired) electrons. The summed E-state index contributed by atoms with van der Waals surface area (Å²) in [6, 6.07) is -1.44. The predicted octanol–water partition coefficient (Wildman–Crippen LogP) is -0.518. The Kier molecular flexibility index (Phi) is 4.93. The van der Waals surface area contributed by atoms with Gasteiger partial charge in [-0.05, 0) is 13.8 Å². The second-order valence-corrected chi connectivity index (χ2v) is 3.24. The molecule has 0 rings (SSSR count). The van der Waals surface area contributed by atoms with Gasteiger partial charge in [-0.1, -0.05) is 0 Å². The van der Waals surface area contributed by atoms with Crippen molar-refractivity contribution in [3.05, 3.63) is 0 Å². The number of hydrogen-bond acceptors (Lipinski definition) is 3. The van der Waals surface area contributed by atoms with Crippen molar-refractivity contribution < 1.29 is 19.8 Å². The third kappa shape index (κ3) is 4.66. The maximum Gasteiger partial charge on any atom is 0.325 e. The molecule has 0 bridgehead atoms. The molecule has 82 valence electrons. The molecule has 0 saturated carbocycles. The molecule has 6 heteroatoms. The molecule has 0 aromatic rings. The van der Waals surface area contributed by atoms with Crippen molar-refractivity contribution >= 4 is 12.0 Å². The largest absolute Gasteiger partial charge is 0.480 e. The molecule has 1 unspecified atom stereocenters. The first kappa shape index (κ1) is 12.7. The van der Waals surface area contributed by atoms with Crippen LogP contribution in [0.4, 0.5) is 4.79 Å². The van der Waals surface area contributed by atoms with E-state index in [4.69, 9.17) is 10.2 Å². The number of carbonyl (C=O) groups excluding carboxylic acids is 1. The Morgan fingerprint density at radius 2 is 1.93 bits per heavy atom. The van der Waals surface area contributed by atoms with Gasteiger partial charge in [0, 0.05) is 13.6 Å². The number of urea groups is 1. The lowest BCUT2D eigenvalue weighted by Gasteiger charge is -2.20. The van der Waals surface area contributed by atoms with Gasteiger partial charge in [-0.3, -0.25) is 4.79 Å². The first-order valence-electron chi connectivity index (χ1n) is 4.27. The van der Waals surface area contributed by atoms with Crippen molar-refractivity contribution in [3.63, 3.8) is 0 Å². The van der Waals surface area contributed by atoms with Gasteiger partial charge < -0.3 is 20.4 Å². The normalized spacial score (nSPS) is 14.3. The summed E-state index contributed by atoms with van der Waals surface area (Å²) in [4.78, 5) is 22.9. The lowest BCUT2D eigenvalue weighted by atomic mass is 10.3. The van der Waals surface area contributed by atoms with Gasteiger partial charge in [0.05, 0.1) is 6.10 Å². The molecule has 0 aliphatic heterocycles. The van der Waals surface area contributed by atoms with Crippen LogP contribution in [0.1, 0.15) is 13.8 Å². The average Bonchev–Trinajstić information content (AvgIpc) is 2.02. The summed E-state index contributed by atoms with van der Waals surface area (Å²) in [6.45, 7) is 3.08. The summed E-state index contributed by atoms with van der Waals surface area (Å²) in [6.07, 6.45) is -0.633. The van der Waals surface area contributed by atoms with Crippen LogP contribution < -0.4 is 5.32 Å². The van der Waals surface area contributed by atoms with Gasteiger partial charge in [-0.25, -0.2) is 4.79 Å². The summed E-state index contributed by atoms with van der Waals surface area (Å²) in [5, 5.41) is 19.7. The van der Waals surface area contributed by atoms with Crippen molar-refractivity contribution in [1.29, 1.82) is 0 Å². The number of carboxylic acid groups (broad SMARTS) is 1. The first-order chi connectivity index (χ1) is 6.34. The molecule has 0 aromatic carbocycles. The Balaban J connectivity index is 4.01. The van der Waals surface area contributed by atoms with Crippen molar-refractivity contribution in [2.45, 2.75) is 26.0 Å². The molecular formula is C8H16N2O4. The van der Waals surface area contributed by atoms with Crippen molar-refractivity contribution in [3.8, 4) is 0 Å². The maximum atomic E-state index is 11.2. The molecule has 0 fully saturated rings. The van der Waals surface area contributed by atoms with E-state index in [2.05, 4.69) is 5.32 Å². The monoisotopic (exact) mass is 204 g/mol. The highest BCUT2D eigenvalue weighted by Crippen LogP contribution is 1.91. The average molecular weight is 204 g/mol. The Hall–Kier alpha value is -1.30. The van der Waals surface area contributed by atoms with Crippen LogP contribution in [0.3, 0.4) is 0 Å². The van der Waals surface area contributed by atoms with E-state index >= 15 is 0 Å². The minimum absolute atomic E-state index is 0.165. The number of hydrogen-bond donors (Lipinski definition) is 3. The van der Waals surface area contributed by atoms with Crippen LogP contribution in [0.5, 0.6) is 0 Å². The zero-order chi connectivity index (χ0) is 11.3. The van der Waals surface area contributed by atoms with Crippen LogP contribution in [0.2, 0.25) is 0 Å². The number of carboxylic acids is 1. The molecule has 0 aliphatic rings. The minimum Gasteiger partial charge on any atom is -0.480 e. The fourth-order valence-electron chi connectivity index (χ4n) is 0.836. The van der Waals surface area contributed by atoms with E-state index in [-0.39, 0.29) is 6.54 Å². The van der Waals surface area contributed by atoms with E-state index in [0.717, 1.165) is 0 Å². The number of rotatable bonds is 4. The topological polar surface area (TPSA) is 89.9 Å². The standard InChI is InChI=1S/C8H16N2O4/c1-5(11)4-10(3)8(14)9-6(2)7(12)13/h5-6,11H,4H2,1-3H3,(H,9,14)(H,12,13)/t5?,6-/m1/s1. The Bertz CT molecular complexity index is 217. The van der Waals surface area contributed by atoms with Crippen LogP contribution >= 0.6 is 0 Å². The van der Waals surface area contributed by atoms with E-state index in [0.29, 0.717) is 0 Å². The Labute approximate surface area is 82.5 Å². The number of carbonyl (C=O) groups is 2. The lowest BCUT2D eigenvalue weighted by molar-refractivity contribution is -0.138. The number of nitrogens with zero attached hydrogens (tertiary/aromatic N) is 1. The first-order valence-corrected chi connectivity index (χ1v) is 4.27. The van der Waals surface area contributed by atoms with Crippen LogP contribution in [0.15, 0.2) is 0 Å². The second-order valence-electron chi connectivity index (χ2n) is 3.24. The maximum absolute atomic E-state index is 11.2. The molecule has 14 heavy (non-hydrogen) atoms. The fraction of sp³-hybridized carbons (Fsp3) is 0.750. The van der Waals surface area contributed by atoms with Crippen molar-refractivity contribution in [1.82, 2.24) is 10.2 Å². The Morgan fingerprint density at radius 3 is 2.29 bits per heavy atom. The van der Waals surface area contributed by atoms with Crippen molar-refractivity contribution in [2.75, 3.05) is 13.6 Å². The number of aliphatic hydroxyl groups excluding tert-OH is 1. The van der Waals surface area contributed by atoms with Gasteiger partial charge in [-0.2, -0.15) is 0 Å². The fourth-order valence-corrected chi connectivity index (χ4v) is 0.836. The van der Waals surface area contributed by atoms with Gasteiger partial charge in [0.25, 0.3) is 0 Å². The molecule has 0 aliphatic carbocycles. The molecule has 6 nitrogen and oxygen atoms in total. The minimum atomic E-state index is -1.09. The molecule has 2 atom stereocenters. The summed E-state index contributed by atoms with van der Waals surface area (Å²) >= 11 is 0. The van der Waals surface area contributed by atoms with Crippen LogP contribution in [0, 0.1) is 0 Å². The molecule has 0 spiro atoms. The zero-order valence-corrected chi connectivity index (χ0v) is 8.52. The third-order valence-corrected chi connectivity index (χ3v) is 1.60. The molecule has 3 N–H and O–H groups in total. The van der Waals surface area contributed by atoms with Crippen LogP contribution in [-0.4, -0.2) is 52.9 Å². The van der Waals surface area contributed by atoms with Crippen molar-refractivity contribution in [2.24, 2.45) is 0 Å². The molecular weight excluding hydrogens is 188 g/mol. The van der Waals surface area contributed by atoms with Gasteiger partial charge in [0.15, 0.2) is 0 Å². The smallest absolute Gasteiger partial charge is 0.325 e. The van der Waals surface area contributed by atoms with E-state index < -0.39 is 24.1 Å². The highest BCUT2D eigenvalue weighted by atomic mass is 16.4. The summed E-state index contributed by atoms with van der Waals surface area (Å²) < 4.78 is 0. The van der Waals surface area contributed by atoms with E-state index in [1.54, 1.807) is 6.92 Å². The quantitative estimate of drug-likeness (QED) is 0.575. The molecule has 0 saturated heterocycles. The van der Waals surface area contributed by atoms with Gasteiger partial charge in [0.2, 0.25) is 0 Å². The number of likely N-dealkylation sites (N-methyl/N-ethyl adjacent to an activating group) is 1. The molecule has 0 aromatic heterocycles. The second kappa shape index (κ2) is 5.43. The third-order valence-electron chi connectivity index (χ3n) is 1.60. The van der Waals surface area contributed by atoms with Gasteiger partial charge in [-0.15, -0.1) is 0 Å². The van der Waals surface area contributed by atoms with E-state index in [1.807, 2.05) is 0 Å². The summed E-state index contributed by atoms with van der Waals surface area (Å²) in [5.41, 5.74) is 0. The SMILES string of the molecule is CC(O)CN(C)C(=O)N[C@H](C)C(=O)O. The Morgan fingerprint density at radius 1 is 1.43 bits per heavy atom. The van der Waals surface area contributed by atoms with Gasteiger partial charge in [0.1, 0.15) is 6.04 Å².